The summed E-state index contributed by atoms with van der Waals surface area (Å²) in [5.41, 5.74) is 6.00. The summed E-state index contributed by atoms with van der Waals surface area (Å²) in [4.78, 5) is 17.9. The van der Waals surface area contributed by atoms with Crippen molar-refractivity contribution in [3.63, 3.8) is 0 Å². The lowest BCUT2D eigenvalue weighted by Crippen LogP contribution is -2.47. The fourth-order valence-electron chi connectivity index (χ4n) is 7.36. The number of fused-ring (bicyclic) bond motifs is 1. The lowest BCUT2D eigenvalue weighted by atomic mass is 9.49. The third-order valence-electron chi connectivity index (χ3n) is 8.54. The van der Waals surface area contributed by atoms with E-state index in [1.807, 2.05) is 31.2 Å². The quantitative estimate of drug-likeness (QED) is 0.446. The van der Waals surface area contributed by atoms with Gasteiger partial charge in [0.15, 0.2) is 5.58 Å². The maximum Gasteiger partial charge on any atom is 0.227 e. The number of amides is 1. The van der Waals surface area contributed by atoms with Crippen LogP contribution in [0.4, 0.5) is 5.69 Å². The van der Waals surface area contributed by atoms with E-state index < -0.39 is 0 Å². The molecule has 3 aromatic rings. The van der Waals surface area contributed by atoms with Gasteiger partial charge in [-0.05, 0) is 110 Å². The average molecular weight is 443 g/mol. The third-order valence-corrected chi connectivity index (χ3v) is 8.54. The molecule has 1 heterocycles. The Bertz CT molecular complexity index is 1190. The highest BCUT2D eigenvalue weighted by Crippen LogP contribution is 2.61. The molecule has 0 radical (unpaired) electrons. The largest absolute Gasteiger partial charge is 0.436 e. The Morgan fingerprint density at radius 1 is 1.06 bits per heavy atom. The molecule has 0 unspecified atom stereocenters. The summed E-state index contributed by atoms with van der Waals surface area (Å²) in [5, 5.41) is 3.24. The van der Waals surface area contributed by atoms with Crippen molar-refractivity contribution in [3.05, 3.63) is 47.5 Å². The van der Waals surface area contributed by atoms with Gasteiger partial charge >= 0.3 is 0 Å². The first-order valence-electron chi connectivity index (χ1n) is 12.7. The topological polar surface area (TPSA) is 55.1 Å². The van der Waals surface area contributed by atoms with Gasteiger partial charge in [-0.2, -0.15) is 0 Å². The number of benzene rings is 2. The van der Waals surface area contributed by atoms with Crippen LogP contribution in [0.15, 0.2) is 40.8 Å². The van der Waals surface area contributed by atoms with E-state index in [4.69, 9.17) is 9.40 Å². The highest BCUT2D eigenvalue weighted by molar-refractivity contribution is 5.92. The predicted molar refractivity (Wildman–Crippen MR) is 132 cm³/mol. The van der Waals surface area contributed by atoms with Crippen molar-refractivity contribution in [2.75, 3.05) is 5.32 Å². The van der Waals surface area contributed by atoms with E-state index in [0.29, 0.717) is 18.2 Å². The van der Waals surface area contributed by atoms with Gasteiger partial charge in [-0.3, -0.25) is 4.79 Å². The lowest BCUT2D eigenvalue weighted by Gasteiger charge is -2.56. The van der Waals surface area contributed by atoms with Crippen molar-refractivity contribution in [2.45, 2.75) is 71.6 Å². The maximum absolute atomic E-state index is 13.2. The number of carbonyl (C=O) groups is 1. The molecule has 4 heteroatoms. The third kappa shape index (κ3) is 3.88. The van der Waals surface area contributed by atoms with Gasteiger partial charge in [0.25, 0.3) is 0 Å². The van der Waals surface area contributed by atoms with Crippen LogP contribution < -0.4 is 5.32 Å². The molecule has 4 bridgehead atoms. The van der Waals surface area contributed by atoms with Gasteiger partial charge in [0.2, 0.25) is 11.8 Å². The summed E-state index contributed by atoms with van der Waals surface area (Å²) in [7, 11) is 0. The van der Waals surface area contributed by atoms with Crippen molar-refractivity contribution in [1.29, 1.82) is 0 Å². The number of aryl methyl sites for hydroxylation is 1. The van der Waals surface area contributed by atoms with E-state index in [0.717, 1.165) is 45.7 Å². The first-order valence-corrected chi connectivity index (χ1v) is 12.7. The number of rotatable bonds is 5. The highest BCUT2D eigenvalue weighted by atomic mass is 16.3. The molecule has 0 atom stereocenters. The molecule has 33 heavy (non-hydrogen) atoms. The Hall–Kier alpha value is -2.62. The lowest BCUT2D eigenvalue weighted by molar-refractivity contribution is -0.124. The van der Waals surface area contributed by atoms with Gasteiger partial charge < -0.3 is 9.73 Å². The Morgan fingerprint density at radius 3 is 2.42 bits per heavy atom. The van der Waals surface area contributed by atoms with Crippen LogP contribution in [-0.4, -0.2) is 10.9 Å². The SMILES string of the molecule is Cc1ccc(-c2nc3cc(C(C)C)ccc3o2)cc1NC(=O)CC12CC3CC(CC(C3)C1)C2. The molecule has 4 aliphatic rings. The second-order valence-corrected chi connectivity index (χ2v) is 11.6. The molecule has 4 fully saturated rings. The molecule has 1 amide bonds. The molecular weight excluding hydrogens is 408 g/mol. The minimum Gasteiger partial charge on any atom is -0.436 e. The molecule has 1 N–H and O–H groups in total. The number of hydrogen-bond acceptors (Lipinski definition) is 3. The number of anilines is 1. The minimum absolute atomic E-state index is 0.163. The van der Waals surface area contributed by atoms with E-state index in [9.17, 15) is 4.79 Å². The number of carbonyl (C=O) groups excluding carboxylic acids is 1. The van der Waals surface area contributed by atoms with E-state index in [1.165, 1.54) is 44.1 Å². The van der Waals surface area contributed by atoms with Crippen LogP contribution in [0.25, 0.3) is 22.6 Å². The van der Waals surface area contributed by atoms with Gasteiger partial charge in [-0.25, -0.2) is 4.98 Å². The van der Waals surface area contributed by atoms with Crippen molar-refractivity contribution in [1.82, 2.24) is 4.98 Å². The van der Waals surface area contributed by atoms with Crippen LogP contribution in [0, 0.1) is 30.1 Å². The summed E-state index contributed by atoms with van der Waals surface area (Å²) >= 11 is 0. The molecule has 0 spiro atoms. The summed E-state index contributed by atoms with van der Waals surface area (Å²) < 4.78 is 6.06. The summed E-state index contributed by atoms with van der Waals surface area (Å²) in [6.07, 6.45) is 8.66. The van der Waals surface area contributed by atoms with Crippen LogP contribution in [0.1, 0.15) is 75.8 Å². The molecule has 4 aliphatic carbocycles. The maximum atomic E-state index is 13.2. The average Bonchev–Trinajstić information content (AvgIpc) is 3.17. The van der Waals surface area contributed by atoms with Crippen molar-refractivity contribution >= 4 is 22.7 Å². The first kappa shape index (κ1) is 20.9. The monoisotopic (exact) mass is 442 g/mol. The zero-order valence-electron chi connectivity index (χ0n) is 20.0. The second-order valence-electron chi connectivity index (χ2n) is 11.6. The second kappa shape index (κ2) is 7.72. The fraction of sp³-hybridized carbons (Fsp3) is 0.517. The number of nitrogens with one attached hydrogen (secondary N) is 1. The molecule has 0 aliphatic heterocycles. The van der Waals surface area contributed by atoms with Crippen LogP contribution >= 0.6 is 0 Å². The standard InChI is InChI=1S/C29H34N2O2/c1-17(2)22-6-7-26-25(11-22)31-28(33-26)23-5-4-18(3)24(12-23)30-27(32)16-29-13-19-8-20(14-29)10-21(9-19)15-29/h4-7,11-12,17,19-21H,8-10,13-16H2,1-3H3,(H,30,32). The van der Waals surface area contributed by atoms with Crippen LogP contribution in [-0.2, 0) is 4.79 Å². The number of oxazole rings is 1. The van der Waals surface area contributed by atoms with Gasteiger partial charge in [-0.15, -0.1) is 0 Å². The van der Waals surface area contributed by atoms with Crippen molar-refractivity contribution < 1.29 is 9.21 Å². The molecule has 0 saturated heterocycles. The number of hydrogen-bond donors (Lipinski definition) is 1. The molecule has 4 nitrogen and oxygen atoms in total. The molecule has 7 rings (SSSR count). The van der Waals surface area contributed by atoms with Gasteiger partial charge in [0.05, 0.1) is 0 Å². The van der Waals surface area contributed by atoms with Crippen molar-refractivity contribution in [3.8, 4) is 11.5 Å². The summed E-state index contributed by atoms with van der Waals surface area (Å²) in [5.74, 6) is 3.81. The van der Waals surface area contributed by atoms with Crippen LogP contribution in [0.5, 0.6) is 0 Å². The molecule has 172 valence electrons. The Kier molecular flexibility index (Phi) is 4.90. The van der Waals surface area contributed by atoms with Gasteiger partial charge in [0.1, 0.15) is 5.52 Å². The molecule has 4 saturated carbocycles. The summed E-state index contributed by atoms with van der Waals surface area (Å²) in [6.45, 7) is 6.41. The molecule has 1 aromatic heterocycles. The van der Waals surface area contributed by atoms with Gasteiger partial charge in [0, 0.05) is 17.7 Å². The smallest absolute Gasteiger partial charge is 0.227 e. The minimum atomic E-state index is 0.163. The predicted octanol–water partition coefficient (Wildman–Crippen LogP) is 7.47. The normalized spacial score (nSPS) is 28.1. The summed E-state index contributed by atoms with van der Waals surface area (Å²) in [6, 6.07) is 12.3. The highest BCUT2D eigenvalue weighted by Gasteiger charge is 2.51. The zero-order chi connectivity index (χ0) is 22.7. The van der Waals surface area contributed by atoms with E-state index >= 15 is 0 Å². The van der Waals surface area contributed by atoms with E-state index in [-0.39, 0.29) is 11.3 Å². The fourth-order valence-corrected chi connectivity index (χ4v) is 7.36. The van der Waals surface area contributed by atoms with E-state index in [1.54, 1.807) is 0 Å². The zero-order valence-corrected chi connectivity index (χ0v) is 20.0. The first-order chi connectivity index (χ1) is 15.9. The Morgan fingerprint density at radius 2 is 1.76 bits per heavy atom. The van der Waals surface area contributed by atoms with Crippen LogP contribution in [0.2, 0.25) is 0 Å². The number of aromatic nitrogens is 1. The Labute approximate surface area is 196 Å². The number of nitrogens with zero attached hydrogens (tertiary/aromatic N) is 1. The van der Waals surface area contributed by atoms with E-state index in [2.05, 4.69) is 31.3 Å². The van der Waals surface area contributed by atoms with Crippen LogP contribution in [0.3, 0.4) is 0 Å². The van der Waals surface area contributed by atoms with Gasteiger partial charge in [-0.1, -0.05) is 26.0 Å². The molecule has 2 aromatic carbocycles. The Balaban J connectivity index is 1.22. The van der Waals surface area contributed by atoms with Crippen molar-refractivity contribution in [2.24, 2.45) is 23.2 Å². The molecular formula is C29H34N2O2.